The van der Waals surface area contributed by atoms with E-state index in [2.05, 4.69) is 24.9 Å². The fourth-order valence-corrected chi connectivity index (χ4v) is 2.55. The van der Waals surface area contributed by atoms with Crippen LogP contribution >= 0.6 is 0 Å². The van der Waals surface area contributed by atoms with E-state index in [0.29, 0.717) is 5.92 Å². The number of aryl methyl sites for hydroxylation is 1. The van der Waals surface area contributed by atoms with Gasteiger partial charge in [-0.2, -0.15) is 0 Å². The van der Waals surface area contributed by atoms with Gasteiger partial charge in [-0.15, -0.1) is 0 Å². The van der Waals surface area contributed by atoms with Gasteiger partial charge in [-0.25, -0.2) is 0 Å². The summed E-state index contributed by atoms with van der Waals surface area (Å²) < 4.78 is 0. The van der Waals surface area contributed by atoms with E-state index < -0.39 is 0 Å². The van der Waals surface area contributed by atoms with Gasteiger partial charge in [0, 0.05) is 11.9 Å². The van der Waals surface area contributed by atoms with Gasteiger partial charge in [0.25, 0.3) is 0 Å². The molecule has 1 heterocycles. The smallest absolute Gasteiger partial charge is 0.0438 e. The van der Waals surface area contributed by atoms with Crippen molar-refractivity contribution in [3.63, 3.8) is 0 Å². The highest BCUT2D eigenvalue weighted by Gasteiger charge is 2.13. The second-order valence-corrected chi connectivity index (χ2v) is 4.89. The molecule has 15 heavy (non-hydrogen) atoms. The number of pyridine rings is 1. The summed E-state index contributed by atoms with van der Waals surface area (Å²) in [4.78, 5) is 4.56. The van der Waals surface area contributed by atoms with E-state index in [1.165, 1.54) is 49.8 Å². The average molecular weight is 203 g/mol. The second-order valence-electron chi connectivity index (χ2n) is 4.89. The molecule has 1 aliphatic rings. The van der Waals surface area contributed by atoms with E-state index >= 15 is 0 Å². The number of fused-ring (bicyclic) bond motifs is 1. The molecule has 0 saturated heterocycles. The molecule has 0 N–H and O–H groups in total. The fourth-order valence-electron chi connectivity index (χ4n) is 2.55. The van der Waals surface area contributed by atoms with Gasteiger partial charge in [-0.3, -0.25) is 4.98 Å². The number of nitrogens with zero attached hydrogens (tertiary/aromatic N) is 1. The van der Waals surface area contributed by atoms with Gasteiger partial charge in [-0.05, 0) is 48.8 Å². The summed E-state index contributed by atoms with van der Waals surface area (Å²) in [7, 11) is 0. The number of aromatic nitrogens is 1. The van der Waals surface area contributed by atoms with Crippen molar-refractivity contribution >= 4 is 0 Å². The molecule has 0 radical (unpaired) electrons. The Bertz CT molecular complexity index is 328. The first-order valence-electron chi connectivity index (χ1n) is 6.25. The topological polar surface area (TPSA) is 12.9 Å². The second kappa shape index (κ2) is 4.78. The molecule has 1 aromatic rings. The van der Waals surface area contributed by atoms with E-state index in [1.807, 2.05) is 6.20 Å². The molecule has 0 bridgehead atoms. The molecule has 2 rings (SSSR count). The van der Waals surface area contributed by atoms with Crippen molar-refractivity contribution < 1.29 is 0 Å². The van der Waals surface area contributed by atoms with Crippen LogP contribution in [0.4, 0.5) is 0 Å². The first-order chi connectivity index (χ1) is 7.29. The van der Waals surface area contributed by atoms with Gasteiger partial charge >= 0.3 is 0 Å². The van der Waals surface area contributed by atoms with E-state index in [9.17, 15) is 0 Å². The summed E-state index contributed by atoms with van der Waals surface area (Å²) in [5.74, 6) is 0.640. The molecule has 0 amide bonds. The quantitative estimate of drug-likeness (QED) is 0.675. The summed E-state index contributed by atoms with van der Waals surface area (Å²) in [5, 5.41) is 0. The van der Waals surface area contributed by atoms with Crippen molar-refractivity contribution in [2.45, 2.75) is 58.3 Å². The molecule has 1 aliphatic carbocycles. The third-order valence-corrected chi connectivity index (χ3v) is 3.39. The van der Waals surface area contributed by atoms with Crippen molar-refractivity contribution in [1.29, 1.82) is 0 Å². The van der Waals surface area contributed by atoms with Crippen molar-refractivity contribution in [2.24, 2.45) is 0 Å². The molecule has 0 fully saturated rings. The van der Waals surface area contributed by atoms with Crippen LogP contribution in [0.5, 0.6) is 0 Å². The first-order valence-corrected chi connectivity index (χ1v) is 6.25. The summed E-state index contributed by atoms with van der Waals surface area (Å²) in [6.45, 7) is 4.57. The van der Waals surface area contributed by atoms with Crippen LogP contribution in [0.1, 0.15) is 62.3 Å². The van der Waals surface area contributed by atoms with Crippen LogP contribution < -0.4 is 0 Å². The lowest BCUT2D eigenvalue weighted by molar-refractivity contribution is 0.602. The van der Waals surface area contributed by atoms with Gasteiger partial charge < -0.3 is 0 Å². The minimum atomic E-state index is 0.640. The third-order valence-electron chi connectivity index (χ3n) is 3.39. The third kappa shape index (κ3) is 2.39. The summed E-state index contributed by atoms with van der Waals surface area (Å²) >= 11 is 0. The van der Waals surface area contributed by atoms with Crippen LogP contribution in [0.25, 0.3) is 0 Å². The minimum absolute atomic E-state index is 0.640. The minimum Gasteiger partial charge on any atom is -0.261 e. The first kappa shape index (κ1) is 10.7. The lowest BCUT2D eigenvalue weighted by Gasteiger charge is -2.18. The zero-order valence-electron chi connectivity index (χ0n) is 9.92. The van der Waals surface area contributed by atoms with Crippen LogP contribution in [-0.4, -0.2) is 4.98 Å². The Balaban J connectivity index is 2.37. The maximum absolute atomic E-state index is 4.56. The zero-order chi connectivity index (χ0) is 10.7. The van der Waals surface area contributed by atoms with Gasteiger partial charge in [0.2, 0.25) is 0 Å². The Morgan fingerprint density at radius 3 is 2.53 bits per heavy atom. The zero-order valence-corrected chi connectivity index (χ0v) is 9.92. The Hall–Kier alpha value is -0.850. The van der Waals surface area contributed by atoms with Gasteiger partial charge in [-0.1, -0.05) is 26.7 Å². The van der Waals surface area contributed by atoms with Gasteiger partial charge in [0.1, 0.15) is 0 Å². The number of hydrogen-bond acceptors (Lipinski definition) is 1. The molecule has 0 unspecified atom stereocenters. The monoisotopic (exact) mass is 203 g/mol. The molecule has 0 aromatic carbocycles. The number of rotatable bonds is 1. The molecule has 82 valence electrons. The van der Waals surface area contributed by atoms with Gasteiger partial charge in [0.05, 0.1) is 0 Å². The highest BCUT2D eigenvalue weighted by molar-refractivity contribution is 5.33. The van der Waals surface area contributed by atoms with E-state index in [1.54, 1.807) is 5.56 Å². The highest BCUT2D eigenvalue weighted by atomic mass is 14.7. The molecule has 0 aliphatic heterocycles. The molecule has 1 heteroatoms. The van der Waals surface area contributed by atoms with E-state index in [4.69, 9.17) is 0 Å². The Labute approximate surface area is 92.9 Å². The lowest BCUT2D eigenvalue weighted by atomic mass is 9.89. The van der Waals surface area contributed by atoms with Crippen molar-refractivity contribution in [3.05, 3.63) is 29.1 Å². The maximum Gasteiger partial charge on any atom is 0.0438 e. The Kier molecular flexibility index (Phi) is 3.40. The van der Waals surface area contributed by atoms with Crippen molar-refractivity contribution in [1.82, 2.24) is 4.98 Å². The maximum atomic E-state index is 4.56. The standard InChI is InChI=1S/C14H21N/c1-11(2)12-9-10-15-14-8-6-4-3-5-7-13(12)14/h9-11H,3-8H2,1-2H3. The van der Waals surface area contributed by atoms with Crippen LogP contribution in [0.2, 0.25) is 0 Å². The van der Waals surface area contributed by atoms with E-state index in [0.717, 1.165) is 0 Å². The largest absolute Gasteiger partial charge is 0.261 e. The van der Waals surface area contributed by atoms with Crippen LogP contribution in [0, 0.1) is 0 Å². The summed E-state index contributed by atoms with van der Waals surface area (Å²) in [6, 6.07) is 2.21. The normalized spacial score (nSPS) is 17.0. The molecular formula is C14H21N. The SMILES string of the molecule is CC(C)c1ccnc2c1CCCCCC2. The summed E-state index contributed by atoms with van der Waals surface area (Å²) in [5.41, 5.74) is 4.47. The molecule has 1 nitrogen and oxygen atoms in total. The molecular weight excluding hydrogens is 182 g/mol. The van der Waals surface area contributed by atoms with Crippen LogP contribution in [-0.2, 0) is 12.8 Å². The lowest BCUT2D eigenvalue weighted by Crippen LogP contribution is -2.07. The molecule has 1 aromatic heterocycles. The predicted molar refractivity (Wildman–Crippen MR) is 64.2 cm³/mol. The molecule has 0 spiro atoms. The average Bonchev–Trinajstić information content (AvgIpc) is 2.17. The highest BCUT2D eigenvalue weighted by Crippen LogP contribution is 2.26. The van der Waals surface area contributed by atoms with Gasteiger partial charge in [0.15, 0.2) is 0 Å². The predicted octanol–water partition coefficient (Wildman–Crippen LogP) is 3.86. The van der Waals surface area contributed by atoms with E-state index in [-0.39, 0.29) is 0 Å². The van der Waals surface area contributed by atoms with Crippen molar-refractivity contribution in [3.8, 4) is 0 Å². The van der Waals surface area contributed by atoms with Crippen molar-refractivity contribution in [2.75, 3.05) is 0 Å². The summed E-state index contributed by atoms with van der Waals surface area (Å²) in [6.07, 6.45) is 9.88. The van der Waals surface area contributed by atoms with Crippen LogP contribution in [0.3, 0.4) is 0 Å². The fraction of sp³-hybridized carbons (Fsp3) is 0.643. The Morgan fingerprint density at radius 2 is 1.80 bits per heavy atom. The van der Waals surface area contributed by atoms with Crippen LogP contribution in [0.15, 0.2) is 12.3 Å². The Morgan fingerprint density at radius 1 is 1.07 bits per heavy atom. The molecule has 0 saturated carbocycles. The number of hydrogen-bond donors (Lipinski definition) is 0. The molecule has 0 atom stereocenters.